The third-order valence-electron chi connectivity index (χ3n) is 3.91. The minimum absolute atomic E-state index is 0.647. The molecule has 20 heavy (non-hydrogen) atoms. The Hall–Kier alpha value is -1.52. The second-order valence-corrected chi connectivity index (χ2v) is 6.24. The summed E-state index contributed by atoms with van der Waals surface area (Å²) in [6.45, 7) is 6.68. The van der Waals surface area contributed by atoms with Gasteiger partial charge in [0.25, 0.3) is 0 Å². The van der Waals surface area contributed by atoms with Crippen molar-refractivity contribution < 1.29 is 0 Å². The van der Waals surface area contributed by atoms with Crippen LogP contribution in [-0.4, -0.2) is 0 Å². The number of hydrogen-bond donors (Lipinski definition) is 0. The lowest BCUT2D eigenvalue weighted by Crippen LogP contribution is -1.90. The van der Waals surface area contributed by atoms with Gasteiger partial charge < -0.3 is 0 Å². The summed E-state index contributed by atoms with van der Waals surface area (Å²) in [7, 11) is 0. The predicted octanol–water partition coefficient (Wildman–Crippen LogP) is 6.03. The van der Waals surface area contributed by atoms with Crippen LogP contribution in [0, 0.1) is 5.92 Å². The Morgan fingerprint density at radius 2 is 2.05 bits per heavy atom. The zero-order valence-corrected chi connectivity index (χ0v) is 13.0. The predicted molar refractivity (Wildman–Crippen MR) is 87.8 cm³/mol. The lowest BCUT2D eigenvalue weighted by molar-refractivity contribution is 0.546. The summed E-state index contributed by atoms with van der Waals surface area (Å²) in [5.41, 5.74) is 7.86. The quantitative estimate of drug-likeness (QED) is 0.436. The molecular formula is C20H26. The molecule has 2 unspecified atom stereocenters. The van der Waals surface area contributed by atoms with Gasteiger partial charge in [-0.2, -0.15) is 0 Å². The minimum Gasteiger partial charge on any atom is -0.125 e. The van der Waals surface area contributed by atoms with Crippen molar-refractivity contribution in [2.24, 2.45) is 5.92 Å². The molecule has 2 rings (SSSR count). The summed E-state index contributed by atoms with van der Waals surface area (Å²) in [6, 6.07) is 10.8. The Morgan fingerprint density at radius 3 is 2.75 bits per heavy atom. The van der Waals surface area contributed by atoms with Gasteiger partial charge in [0, 0.05) is 5.92 Å². The Kier molecular flexibility index (Phi) is 5.44. The van der Waals surface area contributed by atoms with Gasteiger partial charge in [-0.15, -0.1) is 5.73 Å². The Labute approximate surface area is 123 Å². The van der Waals surface area contributed by atoms with E-state index in [2.05, 4.69) is 69.0 Å². The molecule has 0 heteroatoms. The third-order valence-corrected chi connectivity index (χ3v) is 3.91. The fraction of sp³-hybridized carbons (Fsp3) is 0.450. The average Bonchev–Trinajstić information content (AvgIpc) is 3.19. The van der Waals surface area contributed by atoms with E-state index in [-0.39, 0.29) is 0 Å². The van der Waals surface area contributed by atoms with Gasteiger partial charge in [0.2, 0.25) is 0 Å². The smallest absolute Gasteiger partial charge is 0.0168 e. The molecule has 0 aromatic heterocycles. The molecule has 0 amide bonds. The van der Waals surface area contributed by atoms with Crippen LogP contribution in [0.4, 0.5) is 0 Å². The maximum absolute atomic E-state index is 3.51. The van der Waals surface area contributed by atoms with Gasteiger partial charge in [-0.25, -0.2) is 0 Å². The molecule has 0 saturated heterocycles. The van der Waals surface area contributed by atoms with Crippen LogP contribution in [0.15, 0.2) is 59.4 Å². The lowest BCUT2D eigenvalue weighted by atomic mass is 10.0. The van der Waals surface area contributed by atoms with Crippen molar-refractivity contribution in [3.05, 3.63) is 64.9 Å². The van der Waals surface area contributed by atoms with E-state index in [0.717, 1.165) is 12.3 Å². The highest BCUT2D eigenvalue weighted by atomic mass is 14.3. The van der Waals surface area contributed by atoms with Gasteiger partial charge in [0.15, 0.2) is 0 Å². The molecule has 2 atom stereocenters. The normalized spacial score (nSPS) is 18.1. The zero-order valence-electron chi connectivity index (χ0n) is 13.0. The van der Waals surface area contributed by atoms with E-state index in [1.54, 1.807) is 0 Å². The summed E-state index contributed by atoms with van der Waals surface area (Å²) in [5.74, 6) is 1.40. The number of rotatable bonds is 6. The number of benzene rings is 1. The topological polar surface area (TPSA) is 0 Å². The SMILES string of the molecule is CC(C)=CCCC(C)CC=C=C1CC1c1ccccc1. The Balaban J connectivity index is 1.77. The Bertz CT molecular complexity index is 508. The van der Waals surface area contributed by atoms with Crippen LogP contribution < -0.4 is 0 Å². The molecule has 0 bridgehead atoms. The van der Waals surface area contributed by atoms with Crippen molar-refractivity contribution in [1.29, 1.82) is 0 Å². The molecule has 106 valence electrons. The molecule has 0 aliphatic heterocycles. The van der Waals surface area contributed by atoms with E-state index in [0.29, 0.717) is 5.92 Å². The van der Waals surface area contributed by atoms with Crippen LogP contribution in [0.3, 0.4) is 0 Å². The summed E-state index contributed by atoms with van der Waals surface area (Å²) in [4.78, 5) is 0. The van der Waals surface area contributed by atoms with Gasteiger partial charge >= 0.3 is 0 Å². The van der Waals surface area contributed by atoms with Crippen LogP contribution in [0.1, 0.15) is 57.9 Å². The fourth-order valence-corrected chi connectivity index (χ4v) is 2.49. The molecule has 1 aliphatic rings. The molecule has 0 N–H and O–H groups in total. The summed E-state index contributed by atoms with van der Waals surface area (Å²) in [6.07, 6.45) is 9.44. The van der Waals surface area contributed by atoms with Gasteiger partial charge in [-0.05, 0) is 62.7 Å². The van der Waals surface area contributed by atoms with Crippen LogP contribution >= 0.6 is 0 Å². The monoisotopic (exact) mass is 266 g/mol. The largest absolute Gasteiger partial charge is 0.125 e. The van der Waals surface area contributed by atoms with Crippen molar-refractivity contribution in [1.82, 2.24) is 0 Å². The van der Waals surface area contributed by atoms with Crippen LogP contribution in [-0.2, 0) is 0 Å². The van der Waals surface area contributed by atoms with Gasteiger partial charge in [-0.1, -0.05) is 48.9 Å². The van der Waals surface area contributed by atoms with Crippen molar-refractivity contribution in [3.63, 3.8) is 0 Å². The van der Waals surface area contributed by atoms with E-state index in [9.17, 15) is 0 Å². The second kappa shape index (κ2) is 7.31. The molecule has 0 spiro atoms. The first-order valence-corrected chi connectivity index (χ1v) is 7.79. The van der Waals surface area contributed by atoms with E-state index in [4.69, 9.17) is 0 Å². The zero-order chi connectivity index (χ0) is 14.4. The average molecular weight is 266 g/mol. The highest BCUT2D eigenvalue weighted by molar-refractivity contribution is 5.40. The number of hydrogen-bond acceptors (Lipinski definition) is 0. The highest BCUT2D eigenvalue weighted by Gasteiger charge is 2.30. The summed E-state index contributed by atoms with van der Waals surface area (Å²) >= 11 is 0. The van der Waals surface area contributed by atoms with Gasteiger partial charge in [0.05, 0.1) is 0 Å². The van der Waals surface area contributed by atoms with E-state index < -0.39 is 0 Å². The molecule has 0 radical (unpaired) electrons. The first-order valence-electron chi connectivity index (χ1n) is 7.79. The van der Waals surface area contributed by atoms with Gasteiger partial charge in [0.1, 0.15) is 0 Å². The molecule has 1 saturated carbocycles. The minimum atomic E-state index is 0.647. The van der Waals surface area contributed by atoms with Crippen molar-refractivity contribution in [3.8, 4) is 0 Å². The molecule has 0 nitrogen and oxygen atoms in total. The number of allylic oxidation sites excluding steroid dienone is 3. The van der Waals surface area contributed by atoms with Crippen LogP contribution in [0.2, 0.25) is 0 Å². The summed E-state index contributed by atoms with van der Waals surface area (Å²) in [5, 5.41) is 0. The van der Waals surface area contributed by atoms with E-state index >= 15 is 0 Å². The van der Waals surface area contributed by atoms with E-state index in [1.165, 1.54) is 36.0 Å². The van der Waals surface area contributed by atoms with Crippen molar-refractivity contribution >= 4 is 0 Å². The maximum Gasteiger partial charge on any atom is 0.0168 e. The second-order valence-electron chi connectivity index (χ2n) is 6.24. The highest BCUT2D eigenvalue weighted by Crippen LogP contribution is 2.45. The molecular weight excluding hydrogens is 240 g/mol. The van der Waals surface area contributed by atoms with Crippen LogP contribution in [0.5, 0.6) is 0 Å². The molecule has 1 aromatic rings. The first kappa shape index (κ1) is 14.9. The standard InChI is InChI=1S/C20H26/c1-16(2)9-7-10-17(3)11-8-14-19-15-20(19)18-12-5-4-6-13-18/h4-6,8-9,12-13,17,20H,7,10-11,15H2,1-3H3. The Morgan fingerprint density at radius 1 is 1.30 bits per heavy atom. The van der Waals surface area contributed by atoms with Crippen molar-refractivity contribution in [2.45, 2.75) is 52.4 Å². The molecule has 1 fully saturated rings. The van der Waals surface area contributed by atoms with E-state index in [1.807, 2.05) is 0 Å². The first-order chi connectivity index (χ1) is 9.66. The fourth-order valence-electron chi connectivity index (χ4n) is 2.49. The van der Waals surface area contributed by atoms with Crippen LogP contribution in [0.25, 0.3) is 0 Å². The lowest BCUT2D eigenvalue weighted by Gasteiger charge is -2.05. The molecule has 0 heterocycles. The third kappa shape index (κ3) is 4.87. The maximum atomic E-state index is 3.51. The molecule has 1 aliphatic carbocycles. The molecule has 1 aromatic carbocycles. The van der Waals surface area contributed by atoms with Gasteiger partial charge in [-0.3, -0.25) is 0 Å². The van der Waals surface area contributed by atoms with Crippen molar-refractivity contribution in [2.75, 3.05) is 0 Å². The summed E-state index contributed by atoms with van der Waals surface area (Å²) < 4.78 is 0.